The van der Waals surface area contributed by atoms with E-state index in [-0.39, 0.29) is 0 Å². The van der Waals surface area contributed by atoms with Gasteiger partial charge in [-0.2, -0.15) is 0 Å². The molecule has 94 valence electrons. The van der Waals surface area contributed by atoms with Crippen LogP contribution in [0.2, 0.25) is 0 Å². The van der Waals surface area contributed by atoms with Crippen molar-refractivity contribution < 1.29 is 9.90 Å². The fourth-order valence-electron chi connectivity index (χ4n) is 2.55. The first-order valence-electron chi connectivity index (χ1n) is 6.59. The van der Waals surface area contributed by atoms with Crippen LogP contribution in [0.3, 0.4) is 0 Å². The summed E-state index contributed by atoms with van der Waals surface area (Å²) in [6.45, 7) is 8.00. The zero-order valence-corrected chi connectivity index (χ0v) is 10.6. The maximum absolute atomic E-state index is 10.5. The van der Waals surface area contributed by atoms with Gasteiger partial charge in [0.15, 0.2) is 0 Å². The molecule has 0 amide bonds. The third-order valence-corrected chi connectivity index (χ3v) is 3.81. The molecule has 0 bridgehead atoms. The van der Waals surface area contributed by atoms with Gasteiger partial charge in [-0.05, 0) is 31.2 Å². The predicted molar refractivity (Wildman–Crippen MR) is 65.5 cm³/mol. The molecule has 0 aromatic carbocycles. The van der Waals surface area contributed by atoms with Crippen LogP contribution in [0.5, 0.6) is 0 Å². The van der Waals surface area contributed by atoms with E-state index in [1.807, 2.05) is 0 Å². The van der Waals surface area contributed by atoms with Crippen molar-refractivity contribution in [3.8, 4) is 0 Å². The van der Waals surface area contributed by atoms with Crippen LogP contribution >= 0.6 is 0 Å². The Morgan fingerprint density at radius 2 is 2.12 bits per heavy atom. The lowest BCUT2D eigenvalue weighted by atomic mass is 10.0. The summed E-state index contributed by atoms with van der Waals surface area (Å²) in [5, 5.41) is 8.65. The fourth-order valence-corrected chi connectivity index (χ4v) is 2.55. The quantitative estimate of drug-likeness (QED) is 0.727. The van der Waals surface area contributed by atoms with E-state index in [1.54, 1.807) is 0 Å². The van der Waals surface area contributed by atoms with Crippen molar-refractivity contribution in [2.75, 3.05) is 19.6 Å². The van der Waals surface area contributed by atoms with Crippen LogP contribution in [0.1, 0.15) is 46.0 Å². The number of carbonyl (C=O) groups is 1. The molecular weight excluding hydrogens is 202 g/mol. The van der Waals surface area contributed by atoms with Gasteiger partial charge in [-0.3, -0.25) is 4.79 Å². The predicted octanol–water partition coefficient (Wildman–Crippen LogP) is 2.61. The summed E-state index contributed by atoms with van der Waals surface area (Å²) in [7, 11) is 0. The highest BCUT2D eigenvalue weighted by molar-refractivity contribution is 5.66. The van der Waals surface area contributed by atoms with Crippen molar-refractivity contribution in [1.29, 1.82) is 0 Å². The Bertz CT molecular complexity index is 214. The largest absolute Gasteiger partial charge is 0.481 e. The molecule has 1 rings (SSSR count). The number of likely N-dealkylation sites (tertiary alicyclic amines) is 1. The van der Waals surface area contributed by atoms with Gasteiger partial charge in [-0.1, -0.05) is 26.7 Å². The molecule has 3 heteroatoms. The minimum atomic E-state index is -0.654. The normalized spacial score (nSPS) is 21.8. The first-order chi connectivity index (χ1) is 7.65. The van der Waals surface area contributed by atoms with Gasteiger partial charge in [0.1, 0.15) is 0 Å². The van der Waals surface area contributed by atoms with Gasteiger partial charge in [0.05, 0.1) is 0 Å². The number of carboxylic acid groups (broad SMARTS) is 1. The molecule has 1 aliphatic rings. The fraction of sp³-hybridized carbons (Fsp3) is 0.923. The lowest BCUT2D eigenvalue weighted by Gasteiger charge is -2.21. The van der Waals surface area contributed by atoms with Gasteiger partial charge in [-0.25, -0.2) is 0 Å². The molecule has 0 spiro atoms. The van der Waals surface area contributed by atoms with Crippen molar-refractivity contribution in [3.05, 3.63) is 0 Å². The van der Waals surface area contributed by atoms with E-state index in [0.717, 1.165) is 18.9 Å². The number of carboxylic acids is 1. The van der Waals surface area contributed by atoms with E-state index in [0.29, 0.717) is 12.3 Å². The average Bonchev–Trinajstić information content (AvgIpc) is 2.70. The van der Waals surface area contributed by atoms with E-state index < -0.39 is 5.97 Å². The van der Waals surface area contributed by atoms with E-state index in [9.17, 15) is 4.79 Å². The minimum Gasteiger partial charge on any atom is -0.481 e. The average molecular weight is 227 g/mol. The van der Waals surface area contributed by atoms with Crippen molar-refractivity contribution in [3.63, 3.8) is 0 Å². The smallest absolute Gasteiger partial charge is 0.303 e. The van der Waals surface area contributed by atoms with Gasteiger partial charge in [0.25, 0.3) is 0 Å². The van der Waals surface area contributed by atoms with Crippen LogP contribution in [-0.2, 0) is 4.79 Å². The summed E-state index contributed by atoms with van der Waals surface area (Å²) < 4.78 is 0. The van der Waals surface area contributed by atoms with Gasteiger partial charge < -0.3 is 10.0 Å². The van der Waals surface area contributed by atoms with Crippen molar-refractivity contribution >= 4 is 5.97 Å². The number of aliphatic carboxylic acids is 1. The van der Waals surface area contributed by atoms with Crippen LogP contribution in [-0.4, -0.2) is 35.6 Å². The highest BCUT2D eigenvalue weighted by atomic mass is 16.4. The van der Waals surface area contributed by atoms with E-state index >= 15 is 0 Å². The maximum Gasteiger partial charge on any atom is 0.303 e. The van der Waals surface area contributed by atoms with Gasteiger partial charge in [-0.15, -0.1) is 0 Å². The number of rotatable bonds is 7. The monoisotopic (exact) mass is 227 g/mol. The molecule has 1 fully saturated rings. The molecule has 3 nitrogen and oxygen atoms in total. The zero-order valence-electron chi connectivity index (χ0n) is 10.6. The van der Waals surface area contributed by atoms with E-state index in [2.05, 4.69) is 18.7 Å². The molecule has 1 N–H and O–H groups in total. The molecule has 1 heterocycles. The first-order valence-corrected chi connectivity index (χ1v) is 6.59. The second-order valence-corrected chi connectivity index (χ2v) is 5.03. The molecule has 0 radical (unpaired) electrons. The summed E-state index contributed by atoms with van der Waals surface area (Å²) in [6.07, 6.45) is 4.89. The Morgan fingerprint density at radius 3 is 2.69 bits per heavy atom. The van der Waals surface area contributed by atoms with Gasteiger partial charge in [0.2, 0.25) is 0 Å². The van der Waals surface area contributed by atoms with Crippen LogP contribution in [0.15, 0.2) is 0 Å². The van der Waals surface area contributed by atoms with E-state index in [1.165, 1.54) is 32.4 Å². The Balaban J connectivity index is 2.21. The van der Waals surface area contributed by atoms with Crippen LogP contribution < -0.4 is 0 Å². The maximum atomic E-state index is 10.5. The molecule has 0 saturated carbocycles. The lowest BCUT2D eigenvalue weighted by Crippen LogP contribution is -2.27. The minimum absolute atomic E-state index is 0.337. The molecule has 16 heavy (non-hydrogen) atoms. The molecule has 1 aliphatic heterocycles. The van der Waals surface area contributed by atoms with Crippen molar-refractivity contribution in [1.82, 2.24) is 4.90 Å². The molecule has 1 atom stereocenters. The standard InChI is InChI=1S/C13H25NO2/c1-3-11(4-2)9-14-8-7-12(10-14)5-6-13(15)16/h11-12H,3-10H2,1-2H3,(H,15,16). The third kappa shape index (κ3) is 4.52. The van der Waals surface area contributed by atoms with Gasteiger partial charge in [0, 0.05) is 19.5 Å². The number of hydrogen-bond donors (Lipinski definition) is 1. The summed E-state index contributed by atoms with van der Waals surface area (Å²) in [4.78, 5) is 13.0. The number of hydrogen-bond acceptors (Lipinski definition) is 2. The Kier molecular flexibility index (Phi) is 5.81. The summed E-state index contributed by atoms with van der Waals surface area (Å²) in [5.74, 6) is 0.780. The van der Waals surface area contributed by atoms with Crippen LogP contribution in [0.25, 0.3) is 0 Å². The van der Waals surface area contributed by atoms with Gasteiger partial charge >= 0.3 is 5.97 Å². The molecule has 1 saturated heterocycles. The summed E-state index contributed by atoms with van der Waals surface area (Å²) in [5.41, 5.74) is 0. The third-order valence-electron chi connectivity index (χ3n) is 3.81. The SMILES string of the molecule is CCC(CC)CN1CCC(CCC(=O)O)C1. The van der Waals surface area contributed by atoms with E-state index in [4.69, 9.17) is 5.11 Å². The first kappa shape index (κ1) is 13.5. The van der Waals surface area contributed by atoms with Crippen LogP contribution in [0.4, 0.5) is 0 Å². The topological polar surface area (TPSA) is 40.5 Å². The Morgan fingerprint density at radius 1 is 1.44 bits per heavy atom. The highest BCUT2D eigenvalue weighted by Gasteiger charge is 2.23. The second-order valence-electron chi connectivity index (χ2n) is 5.03. The second kappa shape index (κ2) is 6.89. The molecule has 0 aromatic rings. The summed E-state index contributed by atoms with van der Waals surface area (Å²) >= 11 is 0. The van der Waals surface area contributed by atoms with Crippen molar-refractivity contribution in [2.45, 2.75) is 46.0 Å². The lowest BCUT2D eigenvalue weighted by molar-refractivity contribution is -0.137. The molecular formula is C13H25NO2. The Hall–Kier alpha value is -0.570. The zero-order chi connectivity index (χ0) is 12.0. The molecule has 0 aliphatic carbocycles. The molecule has 1 unspecified atom stereocenters. The molecule has 0 aromatic heterocycles. The Labute approximate surface area is 98.8 Å². The summed E-state index contributed by atoms with van der Waals surface area (Å²) in [6, 6.07) is 0. The van der Waals surface area contributed by atoms with Crippen LogP contribution in [0, 0.1) is 11.8 Å². The highest BCUT2D eigenvalue weighted by Crippen LogP contribution is 2.23. The van der Waals surface area contributed by atoms with Crippen molar-refractivity contribution in [2.24, 2.45) is 11.8 Å². The number of nitrogens with zero attached hydrogens (tertiary/aromatic N) is 1.